The molecule has 0 aromatic heterocycles. The Kier molecular flexibility index (Phi) is 2.78. The minimum absolute atomic E-state index is 0.0178. The molecule has 0 N–H and O–H groups in total. The predicted molar refractivity (Wildman–Crippen MR) is 63.5 cm³/mol. The normalized spacial score (nSPS) is 24.1. The van der Waals surface area contributed by atoms with Gasteiger partial charge in [-0.05, 0) is 37.1 Å². The summed E-state index contributed by atoms with van der Waals surface area (Å²) in [6, 6.07) is 4.81. The Bertz CT molecular complexity index is 498. The quantitative estimate of drug-likeness (QED) is 0.782. The summed E-state index contributed by atoms with van der Waals surface area (Å²) >= 11 is 0. The van der Waals surface area contributed by atoms with Crippen LogP contribution in [0.1, 0.15) is 18.4 Å². The van der Waals surface area contributed by atoms with Crippen molar-refractivity contribution in [1.29, 1.82) is 0 Å². The van der Waals surface area contributed by atoms with Gasteiger partial charge in [-0.2, -0.15) is 13.2 Å². The molecule has 0 spiro atoms. The molecule has 1 atom stereocenters. The molecule has 2 heterocycles. The molecule has 2 aliphatic rings. The van der Waals surface area contributed by atoms with Gasteiger partial charge in [0.15, 0.2) is 0 Å². The van der Waals surface area contributed by atoms with Crippen LogP contribution in [0.5, 0.6) is 0 Å². The van der Waals surface area contributed by atoms with E-state index in [2.05, 4.69) is 4.90 Å². The van der Waals surface area contributed by atoms with E-state index in [9.17, 15) is 18.0 Å². The number of carbonyl (C=O) groups is 1. The van der Waals surface area contributed by atoms with Gasteiger partial charge in [0.05, 0.1) is 18.3 Å². The minimum Gasteiger partial charge on any atom is -0.295 e. The van der Waals surface area contributed by atoms with Gasteiger partial charge in [0, 0.05) is 12.2 Å². The van der Waals surface area contributed by atoms with E-state index in [0.29, 0.717) is 12.2 Å². The zero-order chi connectivity index (χ0) is 13.6. The number of hydrogen-bond donors (Lipinski definition) is 0. The number of alkyl halides is 3. The van der Waals surface area contributed by atoms with Gasteiger partial charge in [-0.1, -0.05) is 0 Å². The summed E-state index contributed by atoms with van der Waals surface area (Å²) in [5.74, 6) is -0.0375. The van der Waals surface area contributed by atoms with Crippen molar-refractivity contribution in [1.82, 2.24) is 4.90 Å². The number of nitrogens with zero attached hydrogens (tertiary/aromatic N) is 2. The van der Waals surface area contributed by atoms with E-state index in [-0.39, 0.29) is 12.1 Å². The largest absolute Gasteiger partial charge is 0.416 e. The Morgan fingerprint density at radius 1 is 1.16 bits per heavy atom. The molecular weight excluding hydrogens is 257 g/mol. The molecule has 2 fully saturated rings. The van der Waals surface area contributed by atoms with E-state index in [0.717, 1.165) is 31.5 Å². The summed E-state index contributed by atoms with van der Waals surface area (Å²) in [5.41, 5.74) is -0.140. The van der Waals surface area contributed by atoms with Crippen molar-refractivity contribution < 1.29 is 18.0 Å². The molecule has 1 amide bonds. The fourth-order valence-electron chi connectivity index (χ4n) is 2.83. The number of amides is 1. The third kappa shape index (κ3) is 2.10. The summed E-state index contributed by atoms with van der Waals surface area (Å²) < 4.78 is 37.5. The van der Waals surface area contributed by atoms with Gasteiger partial charge in [0.1, 0.15) is 0 Å². The smallest absolute Gasteiger partial charge is 0.295 e. The summed E-state index contributed by atoms with van der Waals surface area (Å²) in [7, 11) is 0. The number of carbonyl (C=O) groups excluding carboxylic acids is 1. The maximum atomic E-state index is 12.5. The first-order valence-electron chi connectivity index (χ1n) is 6.20. The zero-order valence-corrected chi connectivity index (χ0v) is 10.2. The highest BCUT2D eigenvalue weighted by Gasteiger charge is 2.41. The van der Waals surface area contributed by atoms with Gasteiger partial charge in [-0.3, -0.25) is 14.6 Å². The molecule has 3 nitrogen and oxygen atoms in total. The lowest BCUT2D eigenvalue weighted by molar-refractivity contribution is -0.137. The molecule has 0 aliphatic carbocycles. The summed E-state index contributed by atoms with van der Waals surface area (Å²) in [6.45, 7) is 1.25. The summed E-state index contributed by atoms with van der Waals surface area (Å²) in [5, 5.41) is 0. The Balaban J connectivity index is 1.88. The molecule has 6 heteroatoms. The van der Waals surface area contributed by atoms with Crippen molar-refractivity contribution in [2.75, 3.05) is 18.0 Å². The maximum Gasteiger partial charge on any atom is 0.416 e. The molecule has 0 saturated carbocycles. The highest BCUT2D eigenvalue weighted by molar-refractivity contribution is 5.97. The van der Waals surface area contributed by atoms with Gasteiger partial charge >= 0.3 is 6.18 Å². The van der Waals surface area contributed by atoms with Crippen molar-refractivity contribution in [3.05, 3.63) is 29.8 Å². The average molecular weight is 270 g/mol. The van der Waals surface area contributed by atoms with Crippen LogP contribution in [0.2, 0.25) is 0 Å². The van der Waals surface area contributed by atoms with Crippen LogP contribution in [0.4, 0.5) is 18.9 Å². The highest BCUT2D eigenvalue weighted by atomic mass is 19.4. The highest BCUT2D eigenvalue weighted by Crippen LogP contribution is 2.34. The molecule has 1 aromatic rings. The fraction of sp³-hybridized carbons (Fsp3) is 0.462. The number of benzene rings is 1. The average Bonchev–Trinajstić information content (AvgIpc) is 2.87. The van der Waals surface area contributed by atoms with Crippen molar-refractivity contribution in [2.24, 2.45) is 0 Å². The standard InChI is InChI=1S/C13H13F3N2O/c14-13(15,16)9-3-5-10(6-4-9)18-11-2-1-7-17(11)8-12(18)19/h3-6,11H,1-2,7-8H2. The first kappa shape index (κ1) is 12.5. The van der Waals surface area contributed by atoms with Crippen LogP contribution >= 0.6 is 0 Å². The van der Waals surface area contributed by atoms with Crippen LogP contribution in [0.15, 0.2) is 24.3 Å². The molecule has 2 aliphatic heterocycles. The van der Waals surface area contributed by atoms with E-state index >= 15 is 0 Å². The molecule has 3 rings (SSSR count). The zero-order valence-electron chi connectivity index (χ0n) is 10.2. The minimum atomic E-state index is -4.34. The lowest BCUT2D eigenvalue weighted by atomic mass is 10.1. The van der Waals surface area contributed by atoms with Crippen molar-refractivity contribution in [3.8, 4) is 0 Å². The van der Waals surface area contributed by atoms with Crippen LogP contribution in [0.25, 0.3) is 0 Å². The lowest BCUT2D eigenvalue weighted by Crippen LogP contribution is -2.35. The number of rotatable bonds is 1. The monoisotopic (exact) mass is 270 g/mol. The van der Waals surface area contributed by atoms with Crippen LogP contribution < -0.4 is 4.90 Å². The van der Waals surface area contributed by atoms with E-state index in [4.69, 9.17) is 0 Å². The summed E-state index contributed by atoms with van der Waals surface area (Å²) in [6.07, 6.45) is -2.42. The van der Waals surface area contributed by atoms with E-state index in [1.807, 2.05) is 0 Å². The Morgan fingerprint density at radius 3 is 2.47 bits per heavy atom. The van der Waals surface area contributed by atoms with Crippen LogP contribution in [-0.2, 0) is 11.0 Å². The number of halogens is 3. The third-order valence-electron chi connectivity index (χ3n) is 3.71. The number of fused-ring (bicyclic) bond motifs is 1. The number of anilines is 1. The van der Waals surface area contributed by atoms with Crippen molar-refractivity contribution in [3.63, 3.8) is 0 Å². The molecule has 19 heavy (non-hydrogen) atoms. The Labute approximate surface area is 108 Å². The van der Waals surface area contributed by atoms with Crippen molar-refractivity contribution in [2.45, 2.75) is 25.2 Å². The maximum absolute atomic E-state index is 12.5. The second-order valence-electron chi connectivity index (χ2n) is 4.90. The van der Waals surface area contributed by atoms with Crippen LogP contribution in [0.3, 0.4) is 0 Å². The molecule has 1 aromatic carbocycles. The number of hydrogen-bond acceptors (Lipinski definition) is 2. The van der Waals surface area contributed by atoms with E-state index in [1.165, 1.54) is 12.1 Å². The fourth-order valence-corrected chi connectivity index (χ4v) is 2.83. The molecule has 0 radical (unpaired) electrons. The lowest BCUT2D eigenvalue weighted by Gasteiger charge is -2.24. The van der Waals surface area contributed by atoms with E-state index < -0.39 is 11.7 Å². The van der Waals surface area contributed by atoms with Gasteiger partial charge in [-0.25, -0.2) is 0 Å². The SMILES string of the molecule is O=C1CN2CCCC2N1c1ccc(C(F)(F)F)cc1. The van der Waals surface area contributed by atoms with Gasteiger partial charge in [0.2, 0.25) is 5.91 Å². The first-order chi connectivity index (χ1) is 8.97. The summed E-state index contributed by atoms with van der Waals surface area (Å²) in [4.78, 5) is 15.6. The van der Waals surface area contributed by atoms with Gasteiger partial charge < -0.3 is 0 Å². The molecule has 0 bridgehead atoms. The van der Waals surface area contributed by atoms with E-state index in [1.54, 1.807) is 4.90 Å². The molecule has 2 saturated heterocycles. The predicted octanol–water partition coefficient (Wildman–Crippen LogP) is 2.47. The second-order valence-corrected chi connectivity index (χ2v) is 4.90. The third-order valence-corrected chi connectivity index (χ3v) is 3.71. The van der Waals surface area contributed by atoms with Gasteiger partial charge in [-0.15, -0.1) is 0 Å². The Morgan fingerprint density at radius 2 is 1.84 bits per heavy atom. The van der Waals surface area contributed by atoms with Crippen molar-refractivity contribution >= 4 is 11.6 Å². The first-order valence-corrected chi connectivity index (χ1v) is 6.20. The second kappa shape index (κ2) is 4.23. The van der Waals surface area contributed by atoms with Crippen LogP contribution in [0, 0.1) is 0 Å². The molecule has 102 valence electrons. The molecule has 1 unspecified atom stereocenters. The van der Waals surface area contributed by atoms with Crippen LogP contribution in [-0.4, -0.2) is 30.1 Å². The van der Waals surface area contributed by atoms with Gasteiger partial charge in [0.25, 0.3) is 0 Å². The Hall–Kier alpha value is -1.56. The molecular formula is C13H13F3N2O. The topological polar surface area (TPSA) is 23.6 Å².